The van der Waals surface area contributed by atoms with Crippen LogP contribution in [0, 0.1) is 0 Å². The van der Waals surface area contributed by atoms with Gasteiger partial charge in [-0.2, -0.15) is 0 Å². The van der Waals surface area contributed by atoms with Gasteiger partial charge >= 0.3 is 5.97 Å². The van der Waals surface area contributed by atoms with E-state index in [-0.39, 0.29) is 24.4 Å². The molecule has 202 valence electrons. The molecule has 0 unspecified atom stereocenters. The first-order valence-electron chi connectivity index (χ1n) is 12.3. The zero-order valence-corrected chi connectivity index (χ0v) is 22.2. The summed E-state index contributed by atoms with van der Waals surface area (Å²) in [5.74, 6) is -1.96. The molecule has 0 saturated carbocycles. The highest BCUT2D eigenvalue weighted by molar-refractivity contribution is 7.15. The standard InChI is InChI=1S/C28H22N4O7S/c1-31-11-10-28(37,27(31)36)21-13-19(30-39-21)15-6-5-7-16(12-15)23-29-22(26(35)38-2)20(40-23)14-32-24(33)17-8-3-4-9-18(17)25(32)34/h3-9,12-13,37H,10-11,14H2,1-2H3/t28-/m1/s1. The van der Waals surface area contributed by atoms with Crippen molar-refractivity contribution in [2.75, 3.05) is 20.7 Å². The van der Waals surface area contributed by atoms with E-state index >= 15 is 0 Å². The molecule has 1 saturated heterocycles. The van der Waals surface area contributed by atoms with Crippen LogP contribution in [0.1, 0.15) is 48.3 Å². The van der Waals surface area contributed by atoms with E-state index in [1.807, 2.05) is 0 Å². The predicted molar refractivity (Wildman–Crippen MR) is 141 cm³/mol. The number of imide groups is 1. The first-order valence-corrected chi connectivity index (χ1v) is 13.1. The molecule has 1 fully saturated rings. The number of rotatable bonds is 6. The van der Waals surface area contributed by atoms with Crippen molar-refractivity contribution in [3.8, 4) is 21.8 Å². The number of aliphatic hydroxyl groups is 1. The van der Waals surface area contributed by atoms with Crippen LogP contribution in [0.4, 0.5) is 0 Å². The summed E-state index contributed by atoms with van der Waals surface area (Å²) in [6.45, 7) is 0.262. The minimum atomic E-state index is -1.76. The third-order valence-electron chi connectivity index (χ3n) is 7.09. The molecule has 40 heavy (non-hydrogen) atoms. The molecule has 2 aromatic carbocycles. The lowest BCUT2D eigenvalue weighted by Crippen LogP contribution is -2.35. The fraction of sp³-hybridized carbons (Fsp3) is 0.214. The fourth-order valence-corrected chi connectivity index (χ4v) is 5.90. The van der Waals surface area contributed by atoms with Gasteiger partial charge in [-0.1, -0.05) is 35.5 Å². The first-order chi connectivity index (χ1) is 19.2. The maximum Gasteiger partial charge on any atom is 0.357 e. The molecule has 1 N–H and O–H groups in total. The summed E-state index contributed by atoms with van der Waals surface area (Å²) in [4.78, 5) is 58.3. The van der Waals surface area contributed by atoms with Crippen LogP contribution in [0.5, 0.6) is 0 Å². The number of ether oxygens (including phenoxy) is 1. The van der Waals surface area contributed by atoms with Gasteiger partial charge in [0.05, 0.1) is 29.7 Å². The Hall–Kier alpha value is -4.68. The SMILES string of the molecule is COC(=O)c1nc(-c2cccc(-c3cc([C@]4(O)CCN(C)C4=O)on3)c2)sc1CN1C(=O)c2ccccc2C1=O. The maximum atomic E-state index is 12.9. The van der Waals surface area contributed by atoms with Crippen LogP contribution in [-0.2, 0) is 21.7 Å². The first kappa shape index (κ1) is 25.6. The van der Waals surface area contributed by atoms with E-state index in [1.165, 1.54) is 18.1 Å². The molecule has 4 aromatic rings. The molecule has 1 atom stereocenters. The topological polar surface area (TPSA) is 143 Å². The van der Waals surface area contributed by atoms with Gasteiger partial charge in [0.2, 0.25) is 5.60 Å². The van der Waals surface area contributed by atoms with Gasteiger partial charge in [0.1, 0.15) is 10.7 Å². The number of thiazole rings is 1. The molecule has 3 amide bonds. The van der Waals surface area contributed by atoms with Crippen LogP contribution in [-0.4, -0.2) is 69.4 Å². The number of amides is 3. The number of benzene rings is 2. The van der Waals surface area contributed by atoms with Gasteiger partial charge in [0.15, 0.2) is 11.5 Å². The highest BCUT2D eigenvalue weighted by atomic mass is 32.1. The molecule has 4 heterocycles. The number of carbonyl (C=O) groups is 4. The van der Waals surface area contributed by atoms with E-state index in [1.54, 1.807) is 55.6 Å². The van der Waals surface area contributed by atoms with Crippen molar-refractivity contribution in [3.05, 3.63) is 82.1 Å². The van der Waals surface area contributed by atoms with Gasteiger partial charge in [-0.3, -0.25) is 19.3 Å². The van der Waals surface area contributed by atoms with Crippen molar-refractivity contribution in [2.24, 2.45) is 0 Å². The van der Waals surface area contributed by atoms with Gasteiger partial charge in [-0.25, -0.2) is 9.78 Å². The largest absolute Gasteiger partial charge is 0.464 e. The summed E-state index contributed by atoms with van der Waals surface area (Å²) in [5.41, 5.74) is 0.552. The van der Waals surface area contributed by atoms with Gasteiger partial charge in [0, 0.05) is 37.2 Å². The van der Waals surface area contributed by atoms with E-state index in [0.717, 1.165) is 16.2 Å². The molecule has 0 bridgehead atoms. The van der Waals surface area contributed by atoms with Crippen LogP contribution in [0.3, 0.4) is 0 Å². The molecule has 0 radical (unpaired) electrons. The van der Waals surface area contributed by atoms with Crippen LogP contribution >= 0.6 is 11.3 Å². The molecule has 0 aliphatic carbocycles. The second-order valence-electron chi connectivity index (χ2n) is 9.52. The van der Waals surface area contributed by atoms with Crippen molar-refractivity contribution in [2.45, 2.75) is 18.6 Å². The summed E-state index contributed by atoms with van der Waals surface area (Å²) in [6, 6.07) is 15.2. The minimum absolute atomic E-state index is 0.0132. The number of likely N-dealkylation sites (N-methyl/N-ethyl adjacent to an activating group) is 1. The number of hydrogen-bond acceptors (Lipinski definition) is 10. The zero-order valence-electron chi connectivity index (χ0n) is 21.4. The van der Waals surface area contributed by atoms with E-state index in [4.69, 9.17) is 9.26 Å². The number of aromatic nitrogens is 2. The Balaban J connectivity index is 1.32. The summed E-state index contributed by atoms with van der Waals surface area (Å²) in [7, 11) is 2.84. The number of likely N-dealkylation sites (tertiary alicyclic amines) is 1. The quantitative estimate of drug-likeness (QED) is 0.279. The lowest BCUT2D eigenvalue weighted by molar-refractivity contribution is -0.144. The van der Waals surface area contributed by atoms with E-state index in [2.05, 4.69) is 10.1 Å². The fourth-order valence-electron chi connectivity index (χ4n) is 4.86. The molecule has 2 aliphatic heterocycles. The summed E-state index contributed by atoms with van der Waals surface area (Å²) < 4.78 is 10.3. The monoisotopic (exact) mass is 558 g/mol. The summed E-state index contributed by atoms with van der Waals surface area (Å²) >= 11 is 1.16. The number of carbonyl (C=O) groups excluding carboxylic acids is 4. The van der Waals surface area contributed by atoms with Crippen LogP contribution in [0.2, 0.25) is 0 Å². The van der Waals surface area contributed by atoms with Crippen molar-refractivity contribution in [1.82, 2.24) is 19.9 Å². The summed E-state index contributed by atoms with van der Waals surface area (Å²) in [5, 5.41) is 15.4. The zero-order chi connectivity index (χ0) is 28.2. The van der Waals surface area contributed by atoms with Crippen LogP contribution in [0.25, 0.3) is 21.8 Å². The van der Waals surface area contributed by atoms with Gasteiger partial charge in [0.25, 0.3) is 17.7 Å². The molecule has 2 aromatic heterocycles. The van der Waals surface area contributed by atoms with Crippen LogP contribution < -0.4 is 0 Å². The highest BCUT2D eigenvalue weighted by Crippen LogP contribution is 2.37. The average molecular weight is 559 g/mol. The number of esters is 1. The van der Waals surface area contributed by atoms with Crippen molar-refractivity contribution in [3.63, 3.8) is 0 Å². The third kappa shape index (κ3) is 4.00. The van der Waals surface area contributed by atoms with Crippen molar-refractivity contribution < 1.29 is 33.5 Å². The Morgan fingerprint density at radius 1 is 1.07 bits per heavy atom. The van der Waals surface area contributed by atoms with Crippen LogP contribution in [0.15, 0.2) is 59.1 Å². The highest BCUT2D eigenvalue weighted by Gasteiger charge is 2.48. The number of nitrogens with zero attached hydrogens (tertiary/aromatic N) is 4. The van der Waals surface area contributed by atoms with E-state index < -0.39 is 29.3 Å². The van der Waals surface area contributed by atoms with Crippen molar-refractivity contribution in [1.29, 1.82) is 0 Å². The molecule has 0 spiro atoms. The average Bonchev–Trinajstić information content (AvgIpc) is 3.74. The van der Waals surface area contributed by atoms with Gasteiger partial charge in [-0.05, 0) is 18.2 Å². The molecular weight excluding hydrogens is 536 g/mol. The Morgan fingerprint density at radius 3 is 2.42 bits per heavy atom. The Labute approximate surface area is 231 Å². The molecule has 11 nitrogen and oxygen atoms in total. The lowest BCUT2D eigenvalue weighted by atomic mass is 9.98. The summed E-state index contributed by atoms with van der Waals surface area (Å²) in [6.07, 6.45) is 0.197. The lowest BCUT2D eigenvalue weighted by Gasteiger charge is -2.16. The third-order valence-corrected chi connectivity index (χ3v) is 8.18. The number of methoxy groups -OCH3 is 1. The Morgan fingerprint density at radius 2 is 1.77 bits per heavy atom. The van der Waals surface area contributed by atoms with Gasteiger partial charge in [-0.15, -0.1) is 11.3 Å². The number of hydrogen-bond donors (Lipinski definition) is 1. The molecule has 12 heteroatoms. The Bertz CT molecular complexity index is 1670. The van der Waals surface area contributed by atoms with E-state index in [9.17, 15) is 24.3 Å². The van der Waals surface area contributed by atoms with Crippen molar-refractivity contribution >= 4 is 35.0 Å². The molecular formula is C28H22N4O7S. The predicted octanol–water partition coefficient (Wildman–Crippen LogP) is 3.10. The van der Waals surface area contributed by atoms with Gasteiger partial charge < -0.3 is 19.3 Å². The molecule has 2 aliphatic rings. The number of fused-ring (bicyclic) bond motifs is 1. The second kappa shape index (κ2) is 9.50. The Kier molecular flexibility index (Phi) is 6.08. The normalized spacial score (nSPS) is 18.5. The second-order valence-corrected chi connectivity index (χ2v) is 10.6. The smallest absolute Gasteiger partial charge is 0.357 e. The molecule has 6 rings (SSSR count). The van der Waals surface area contributed by atoms with E-state index in [0.29, 0.717) is 44.4 Å². The minimum Gasteiger partial charge on any atom is -0.464 e. The maximum absolute atomic E-state index is 12.9.